The molecule has 1 aromatic heterocycles. The molecule has 1 fully saturated rings. The van der Waals surface area contributed by atoms with Gasteiger partial charge in [-0.1, -0.05) is 42.2 Å². The number of rotatable bonds is 9. The molecule has 9 heteroatoms. The summed E-state index contributed by atoms with van der Waals surface area (Å²) < 4.78 is 5.81. The van der Waals surface area contributed by atoms with Crippen LogP contribution in [0.1, 0.15) is 31.7 Å². The van der Waals surface area contributed by atoms with Gasteiger partial charge in [0, 0.05) is 19.0 Å². The molecule has 7 nitrogen and oxygen atoms in total. The number of amides is 2. The van der Waals surface area contributed by atoms with Crippen molar-refractivity contribution < 1.29 is 14.3 Å². The van der Waals surface area contributed by atoms with Crippen LogP contribution in [0.5, 0.6) is 5.75 Å². The Kier molecular flexibility index (Phi) is 6.68. The van der Waals surface area contributed by atoms with Crippen LogP contribution in [0.3, 0.4) is 0 Å². The molecular weight excluding hydrogens is 384 g/mol. The maximum atomic E-state index is 12.1. The minimum atomic E-state index is -0.0729. The zero-order chi connectivity index (χ0) is 19.2. The standard InChI is InChI=1S/C18H22N4O3S2/c1-3-16(24)22(13-6-7-13)17-20-21-18(27-17)26-11-15(23)19-10-12-4-8-14(25-2)9-5-12/h4-5,8-9,13H,3,6-7,10-11H2,1-2H3,(H,19,23). The summed E-state index contributed by atoms with van der Waals surface area (Å²) in [5.41, 5.74) is 1.01. The first-order chi connectivity index (χ1) is 13.1. The highest BCUT2D eigenvalue weighted by Crippen LogP contribution is 2.36. The molecule has 144 valence electrons. The summed E-state index contributed by atoms with van der Waals surface area (Å²) in [4.78, 5) is 25.9. The van der Waals surface area contributed by atoms with Crippen LogP contribution in [0.25, 0.3) is 0 Å². The van der Waals surface area contributed by atoms with Gasteiger partial charge < -0.3 is 10.1 Å². The van der Waals surface area contributed by atoms with Gasteiger partial charge in [0.2, 0.25) is 16.9 Å². The largest absolute Gasteiger partial charge is 0.497 e. The highest BCUT2D eigenvalue weighted by atomic mass is 32.2. The summed E-state index contributed by atoms with van der Waals surface area (Å²) in [6.07, 6.45) is 2.48. The predicted octanol–water partition coefficient (Wildman–Crippen LogP) is 2.86. The van der Waals surface area contributed by atoms with Crippen molar-refractivity contribution in [2.45, 2.75) is 43.1 Å². The van der Waals surface area contributed by atoms with E-state index >= 15 is 0 Å². The normalized spacial score (nSPS) is 13.3. The number of thioether (sulfide) groups is 1. The second-order valence-corrected chi connectivity index (χ2v) is 8.29. The first kappa shape index (κ1) is 19.6. The first-order valence-electron chi connectivity index (χ1n) is 8.78. The molecule has 0 bridgehead atoms. The molecule has 2 amide bonds. The van der Waals surface area contributed by atoms with Crippen LogP contribution in [0, 0.1) is 0 Å². The van der Waals surface area contributed by atoms with Crippen molar-refractivity contribution in [3.05, 3.63) is 29.8 Å². The topological polar surface area (TPSA) is 84.4 Å². The van der Waals surface area contributed by atoms with Crippen LogP contribution in [-0.4, -0.2) is 40.9 Å². The predicted molar refractivity (Wildman–Crippen MR) is 106 cm³/mol. The molecule has 1 N–H and O–H groups in total. The Bertz CT molecular complexity index is 790. The Morgan fingerprint density at radius 3 is 2.67 bits per heavy atom. The summed E-state index contributed by atoms with van der Waals surface area (Å²) in [7, 11) is 1.62. The molecule has 1 aromatic carbocycles. The minimum absolute atomic E-state index is 0.0717. The summed E-state index contributed by atoms with van der Waals surface area (Å²) in [6, 6.07) is 7.82. The average molecular weight is 407 g/mol. The lowest BCUT2D eigenvalue weighted by molar-refractivity contribution is -0.119. The van der Waals surface area contributed by atoms with E-state index in [9.17, 15) is 9.59 Å². The number of carbonyl (C=O) groups excluding carboxylic acids is 2. The van der Waals surface area contributed by atoms with Crippen LogP contribution in [0.15, 0.2) is 28.6 Å². The van der Waals surface area contributed by atoms with E-state index < -0.39 is 0 Å². The van der Waals surface area contributed by atoms with Crippen molar-refractivity contribution in [3.8, 4) is 5.75 Å². The molecule has 2 aromatic rings. The van der Waals surface area contributed by atoms with Crippen LogP contribution in [-0.2, 0) is 16.1 Å². The van der Waals surface area contributed by atoms with E-state index in [4.69, 9.17) is 4.74 Å². The van der Waals surface area contributed by atoms with Crippen molar-refractivity contribution in [1.82, 2.24) is 15.5 Å². The molecule has 1 aliphatic carbocycles. The number of nitrogens with zero attached hydrogens (tertiary/aromatic N) is 3. The van der Waals surface area contributed by atoms with Gasteiger partial charge in [0.1, 0.15) is 5.75 Å². The molecule has 1 saturated carbocycles. The summed E-state index contributed by atoms with van der Waals surface area (Å²) >= 11 is 2.70. The van der Waals surface area contributed by atoms with Gasteiger partial charge in [0.25, 0.3) is 0 Å². The van der Waals surface area contributed by atoms with Gasteiger partial charge in [-0.2, -0.15) is 0 Å². The SMILES string of the molecule is CCC(=O)N(c1nnc(SCC(=O)NCc2ccc(OC)cc2)s1)C1CC1. The summed E-state index contributed by atoms with van der Waals surface area (Å²) in [6.45, 7) is 2.31. The van der Waals surface area contributed by atoms with Gasteiger partial charge in [-0.3, -0.25) is 14.5 Å². The van der Waals surface area contributed by atoms with Crippen LogP contribution in [0.4, 0.5) is 5.13 Å². The molecule has 0 unspecified atom stereocenters. The van der Waals surface area contributed by atoms with Crippen molar-refractivity contribution in [2.24, 2.45) is 0 Å². The molecule has 0 aliphatic heterocycles. The summed E-state index contributed by atoms with van der Waals surface area (Å²) in [5.74, 6) is 1.05. The molecule has 0 spiro atoms. The second kappa shape index (κ2) is 9.18. The molecule has 27 heavy (non-hydrogen) atoms. The van der Waals surface area contributed by atoms with Crippen molar-refractivity contribution in [1.29, 1.82) is 0 Å². The molecule has 3 rings (SSSR count). The van der Waals surface area contributed by atoms with Crippen molar-refractivity contribution in [2.75, 3.05) is 17.8 Å². The second-order valence-electron chi connectivity index (χ2n) is 6.11. The zero-order valence-electron chi connectivity index (χ0n) is 15.3. The molecule has 0 radical (unpaired) electrons. The van der Waals surface area contributed by atoms with E-state index in [0.29, 0.717) is 22.4 Å². The third-order valence-corrected chi connectivity index (χ3v) is 6.12. The van der Waals surface area contributed by atoms with Crippen molar-refractivity contribution in [3.63, 3.8) is 0 Å². The first-order valence-corrected chi connectivity index (χ1v) is 10.6. The van der Waals surface area contributed by atoms with Gasteiger partial charge in [0.05, 0.1) is 12.9 Å². The average Bonchev–Trinajstić information content (AvgIpc) is 3.42. The minimum Gasteiger partial charge on any atom is -0.497 e. The molecule has 0 atom stereocenters. The Labute approximate surface area is 166 Å². The number of hydrogen-bond acceptors (Lipinski definition) is 7. The smallest absolute Gasteiger partial charge is 0.230 e. The van der Waals surface area contributed by atoms with E-state index in [0.717, 1.165) is 24.2 Å². The lowest BCUT2D eigenvalue weighted by Gasteiger charge is -2.17. The number of hydrogen-bond donors (Lipinski definition) is 1. The van der Waals surface area contributed by atoms with E-state index in [1.165, 1.54) is 23.1 Å². The van der Waals surface area contributed by atoms with Gasteiger partial charge in [0.15, 0.2) is 4.34 Å². The highest BCUT2D eigenvalue weighted by molar-refractivity contribution is 8.01. The number of aromatic nitrogens is 2. The van der Waals surface area contributed by atoms with Gasteiger partial charge >= 0.3 is 0 Å². The molecular formula is C18H22N4O3S2. The Morgan fingerprint density at radius 1 is 1.30 bits per heavy atom. The van der Waals surface area contributed by atoms with Gasteiger partial charge in [-0.15, -0.1) is 10.2 Å². The van der Waals surface area contributed by atoms with Crippen LogP contribution >= 0.6 is 23.1 Å². The Hall–Kier alpha value is -2.13. The monoisotopic (exact) mass is 406 g/mol. The number of ether oxygens (including phenoxy) is 1. The fraction of sp³-hybridized carbons (Fsp3) is 0.444. The van der Waals surface area contributed by atoms with Crippen molar-refractivity contribution >= 4 is 40.0 Å². The number of carbonyl (C=O) groups is 2. The molecule has 1 aliphatic rings. The molecule has 1 heterocycles. The Balaban J connectivity index is 1.47. The number of methoxy groups -OCH3 is 1. The molecule has 0 saturated heterocycles. The fourth-order valence-corrected chi connectivity index (χ4v) is 4.21. The lowest BCUT2D eigenvalue weighted by Crippen LogP contribution is -2.32. The maximum absolute atomic E-state index is 12.1. The fourth-order valence-electron chi connectivity index (χ4n) is 2.45. The highest BCUT2D eigenvalue weighted by Gasteiger charge is 2.35. The van der Waals surface area contributed by atoms with Gasteiger partial charge in [-0.05, 0) is 30.5 Å². The van der Waals surface area contributed by atoms with E-state index in [-0.39, 0.29) is 23.6 Å². The number of nitrogens with one attached hydrogen (secondary N) is 1. The lowest BCUT2D eigenvalue weighted by atomic mass is 10.2. The van der Waals surface area contributed by atoms with Crippen LogP contribution < -0.4 is 15.0 Å². The van der Waals surface area contributed by atoms with E-state index in [2.05, 4.69) is 15.5 Å². The number of benzene rings is 1. The third kappa shape index (κ3) is 5.43. The van der Waals surface area contributed by atoms with E-state index in [1.54, 1.807) is 12.0 Å². The summed E-state index contributed by atoms with van der Waals surface area (Å²) in [5, 5.41) is 11.8. The van der Waals surface area contributed by atoms with E-state index in [1.807, 2.05) is 31.2 Å². The third-order valence-electron chi connectivity index (χ3n) is 4.06. The van der Waals surface area contributed by atoms with Crippen LogP contribution in [0.2, 0.25) is 0 Å². The Morgan fingerprint density at radius 2 is 2.04 bits per heavy atom. The quantitative estimate of drug-likeness (QED) is 0.509. The van der Waals surface area contributed by atoms with Gasteiger partial charge in [-0.25, -0.2) is 0 Å². The maximum Gasteiger partial charge on any atom is 0.230 e. The number of anilines is 1. The zero-order valence-corrected chi connectivity index (χ0v) is 16.9.